The molecule has 2 aliphatic heterocycles. The highest BCUT2D eigenvalue weighted by molar-refractivity contribution is 5.91. The van der Waals surface area contributed by atoms with Gasteiger partial charge in [0.1, 0.15) is 29.4 Å². The SMILES string of the molecule is C[C@]12CCC(CN(c3nc(OC[C@]4(CNCC(F)F)CC4(F)F)nc4c(F)c(C5(O)C=Cc6ccccc6C5)c(F)cc34)C1)N2. The van der Waals surface area contributed by atoms with Gasteiger partial charge in [0.05, 0.1) is 17.5 Å². The number of aromatic nitrogens is 2. The topological polar surface area (TPSA) is 82.5 Å². The van der Waals surface area contributed by atoms with Gasteiger partial charge in [-0.1, -0.05) is 30.3 Å². The van der Waals surface area contributed by atoms with Crippen molar-refractivity contribution < 1.29 is 36.2 Å². The molecule has 7 rings (SSSR count). The molecule has 13 heteroatoms. The third kappa shape index (κ3) is 5.32. The van der Waals surface area contributed by atoms with E-state index in [1.165, 1.54) is 6.08 Å². The Labute approximate surface area is 255 Å². The molecule has 2 bridgehead atoms. The molecule has 2 saturated heterocycles. The summed E-state index contributed by atoms with van der Waals surface area (Å²) in [7, 11) is 0. The van der Waals surface area contributed by atoms with Crippen molar-refractivity contribution in [1.82, 2.24) is 20.6 Å². The van der Waals surface area contributed by atoms with E-state index in [-0.39, 0.29) is 34.7 Å². The quantitative estimate of drug-likeness (QED) is 0.288. The van der Waals surface area contributed by atoms with Gasteiger partial charge in [0.15, 0.2) is 5.82 Å². The van der Waals surface area contributed by atoms with Gasteiger partial charge in [0.2, 0.25) is 0 Å². The first-order valence-electron chi connectivity index (χ1n) is 15.0. The first-order chi connectivity index (χ1) is 21.3. The van der Waals surface area contributed by atoms with Crippen LogP contribution in [0.1, 0.15) is 42.9 Å². The summed E-state index contributed by atoms with van der Waals surface area (Å²) >= 11 is 0. The first kappa shape index (κ1) is 30.2. The molecule has 3 N–H and O–H groups in total. The summed E-state index contributed by atoms with van der Waals surface area (Å²) in [6, 6.07) is 8.01. The average Bonchev–Trinajstić information content (AvgIpc) is 3.41. The van der Waals surface area contributed by atoms with Crippen molar-refractivity contribution in [3.8, 4) is 6.01 Å². The zero-order valence-electron chi connectivity index (χ0n) is 24.5. The maximum Gasteiger partial charge on any atom is 0.319 e. The van der Waals surface area contributed by atoms with Crippen molar-refractivity contribution >= 4 is 22.8 Å². The van der Waals surface area contributed by atoms with E-state index in [2.05, 4.69) is 20.6 Å². The third-order valence-corrected chi connectivity index (χ3v) is 9.66. The summed E-state index contributed by atoms with van der Waals surface area (Å²) in [5.41, 5.74) is -3.45. The molecule has 2 aliphatic carbocycles. The predicted octanol–water partition coefficient (Wildman–Crippen LogP) is 4.95. The molecule has 1 aromatic heterocycles. The van der Waals surface area contributed by atoms with Crippen LogP contribution in [-0.2, 0) is 12.0 Å². The molecule has 7 nitrogen and oxygen atoms in total. The van der Waals surface area contributed by atoms with Gasteiger partial charge in [-0.2, -0.15) is 9.97 Å². The molecule has 0 radical (unpaired) electrons. The van der Waals surface area contributed by atoms with Gasteiger partial charge in [-0.15, -0.1) is 0 Å². The number of benzene rings is 2. The summed E-state index contributed by atoms with van der Waals surface area (Å²) in [6.07, 6.45) is 1.37. The largest absolute Gasteiger partial charge is 0.463 e. The molecule has 3 fully saturated rings. The fourth-order valence-electron chi connectivity index (χ4n) is 7.18. The van der Waals surface area contributed by atoms with Gasteiger partial charge >= 0.3 is 6.01 Å². The van der Waals surface area contributed by atoms with E-state index in [0.717, 1.165) is 24.5 Å². The number of nitrogens with zero attached hydrogens (tertiary/aromatic N) is 3. The van der Waals surface area contributed by atoms with E-state index in [0.29, 0.717) is 18.7 Å². The lowest BCUT2D eigenvalue weighted by Gasteiger charge is -2.40. The van der Waals surface area contributed by atoms with Crippen LogP contribution < -0.4 is 20.3 Å². The highest BCUT2D eigenvalue weighted by atomic mass is 19.3. The van der Waals surface area contributed by atoms with Crippen LogP contribution in [0.3, 0.4) is 0 Å². The Morgan fingerprint density at radius 2 is 1.98 bits per heavy atom. The number of hydrogen-bond donors (Lipinski definition) is 3. The molecule has 0 amide bonds. The van der Waals surface area contributed by atoms with Crippen LogP contribution in [0, 0.1) is 17.0 Å². The molecular formula is C32H33F6N5O2. The summed E-state index contributed by atoms with van der Waals surface area (Å²) in [5.74, 6) is -5.07. The minimum Gasteiger partial charge on any atom is -0.463 e. The summed E-state index contributed by atoms with van der Waals surface area (Å²) < 4.78 is 92.4. The monoisotopic (exact) mass is 633 g/mol. The van der Waals surface area contributed by atoms with Gasteiger partial charge in [-0.05, 0) is 43.0 Å². The van der Waals surface area contributed by atoms with Gasteiger partial charge in [-0.3, -0.25) is 0 Å². The van der Waals surface area contributed by atoms with Crippen molar-refractivity contribution in [2.24, 2.45) is 5.41 Å². The summed E-state index contributed by atoms with van der Waals surface area (Å²) in [6.45, 7) is 1.21. The second-order valence-electron chi connectivity index (χ2n) is 13.2. The number of halogens is 6. The van der Waals surface area contributed by atoms with Crippen molar-refractivity contribution in [2.45, 2.75) is 62.1 Å². The van der Waals surface area contributed by atoms with Gasteiger partial charge in [0, 0.05) is 49.4 Å². The van der Waals surface area contributed by atoms with Crippen molar-refractivity contribution in [2.75, 3.05) is 37.7 Å². The molecule has 0 spiro atoms. The Morgan fingerprint density at radius 3 is 2.71 bits per heavy atom. The smallest absolute Gasteiger partial charge is 0.319 e. The van der Waals surface area contributed by atoms with Crippen molar-refractivity contribution in [3.63, 3.8) is 0 Å². The number of hydrogen-bond acceptors (Lipinski definition) is 7. The molecule has 2 aromatic carbocycles. The molecule has 240 valence electrons. The lowest BCUT2D eigenvalue weighted by atomic mass is 9.80. The Morgan fingerprint density at radius 1 is 1.20 bits per heavy atom. The normalized spacial score (nSPS) is 29.8. The van der Waals surface area contributed by atoms with Crippen LogP contribution in [0.25, 0.3) is 17.0 Å². The molecule has 4 atom stereocenters. The average molecular weight is 634 g/mol. The van der Waals surface area contributed by atoms with Crippen LogP contribution >= 0.6 is 0 Å². The Kier molecular flexibility index (Phi) is 7.10. The zero-order chi connectivity index (χ0) is 31.8. The Hall–Kier alpha value is -3.42. The second-order valence-corrected chi connectivity index (χ2v) is 13.2. The maximum atomic E-state index is 16.5. The van der Waals surface area contributed by atoms with Crippen molar-refractivity contribution in [1.29, 1.82) is 0 Å². The molecule has 3 heterocycles. The number of ether oxygens (including phenoxy) is 1. The molecule has 45 heavy (non-hydrogen) atoms. The fraction of sp³-hybridized carbons (Fsp3) is 0.500. The Bertz CT molecular complexity index is 1690. The molecule has 2 unspecified atom stereocenters. The van der Waals surface area contributed by atoms with Crippen molar-refractivity contribution in [3.05, 3.63) is 64.7 Å². The number of anilines is 1. The number of rotatable bonds is 9. The second kappa shape index (κ2) is 10.6. The molecule has 1 saturated carbocycles. The van der Waals surface area contributed by atoms with E-state index < -0.39 is 72.7 Å². The van der Waals surface area contributed by atoms with E-state index in [4.69, 9.17) is 4.74 Å². The van der Waals surface area contributed by atoms with E-state index in [1.54, 1.807) is 18.2 Å². The number of fused-ring (bicyclic) bond motifs is 4. The first-order valence-corrected chi connectivity index (χ1v) is 15.0. The number of aliphatic hydroxyl groups is 1. The number of alkyl halides is 4. The fourth-order valence-corrected chi connectivity index (χ4v) is 7.18. The Balaban J connectivity index is 1.29. The molecular weight excluding hydrogens is 600 g/mol. The van der Waals surface area contributed by atoms with Gasteiger partial charge in [-0.25, -0.2) is 26.3 Å². The predicted molar refractivity (Wildman–Crippen MR) is 156 cm³/mol. The highest BCUT2D eigenvalue weighted by Gasteiger charge is 2.71. The van der Waals surface area contributed by atoms with Crippen LogP contribution in [0.4, 0.5) is 32.2 Å². The highest BCUT2D eigenvalue weighted by Crippen LogP contribution is 2.60. The van der Waals surface area contributed by atoms with Crippen LogP contribution in [0.15, 0.2) is 36.4 Å². The minimum absolute atomic E-state index is 0.0554. The van der Waals surface area contributed by atoms with Crippen LogP contribution in [0.5, 0.6) is 6.01 Å². The van der Waals surface area contributed by atoms with Gasteiger partial charge in [0.25, 0.3) is 12.3 Å². The molecule has 4 aliphatic rings. The van der Waals surface area contributed by atoms with Crippen LogP contribution in [-0.4, -0.2) is 71.8 Å². The van der Waals surface area contributed by atoms with E-state index in [1.807, 2.05) is 24.0 Å². The van der Waals surface area contributed by atoms with Gasteiger partial charge < -0.3 is 25.4 Å². The lowest BCUT2D eigenvalue weighted by molar-refractivity contribution is 0.0377. The maximum absolute atomic E-state index is 16.5. The summed E-state index contributed by atoms with van der Waals surface area (Å²) in [5, 5.41) is 17.6. The number of nitrogens with one attached hydrogen (secondary N) is 2. The molecule has 3 aromatic rings. The zero-order valence-corrected chi connectivity index (χ0v) is 24.5. The van der Waals surface area contributed by atoms with Crippen LogP contribution in [0.2, 0.25) is 0 Å². The van der Waals surface area contributed by atoms with E-state index in [9.17, 15) is 22.7 Å². The minimum atomic E-state index is -3.16. The van der Waals surface area contributed by atoms with E-state index >= 15 is 8.78 Å². The lowest BCUT2D eigenvalue weighted by Crippen LogP contribution is -2.58. The summed E-state index contributed by atoms with van der Waals surface area (Å²) in [4.78, 5) is 10.6. The number of piperazine rings is 1. The standard InChI is InChI=1S/C32H33F6N5O2/c1-29-8-7-20(42-29)13-43(16-29)27-21-10-22(33)24(31(44)9-6-18-4-2-3-5-19(18)11-31)25(36)26(21)40-28(41-27)45-17-30(14-32(30,37)38)15-39-12-23(34)35/h2-6,9-10,20,23,39,42,44H,7-8,11-17H2,1H3/t20?,29-,30+,31?/m0/s1. The third-order valence-electron chi connectivity index (χ3n) is 9.66.